The number of hydrogen-bond acceptors (Lipinski definition) is 6. The molecule has 35 heavy (non-hydrogen) atoms. The number of amides is 1. The van der Waals surface area contributed by atoms with Crippen LogP contribution in [0.3, 0.4) is 0 Å². The van der Waals surface area contributed by atoms with Crippen LogP contribution in [-0.2, 0) is 21.4 Å². The van der Waals surface area contributed by atoms with Crippen LogP contribution in [0.2, 0.25) is 0 Å². The van der Waals surface area contributed by atoms with Gasteiger partial charge in [-0.05, 0) is 69.0 Å². The van der Waals surface area contributed by atoms with Crippen molar-refractivity contribution in [3.05, 3.63) is 77.2 Å². The van der Waals surface area contributed by atoms with Gasteiger partial charge in [-0.1, -0.05) is 41.2 Å². The van der Waals surface area contributed by atoms with Crippen molar-refractivity contribution in [2.45, 2.75) is 51.1 Å². The number of aryl methyl sites for hydroxylation is 3. The largest absolute Gasteiger partial charge is 0.467 e. The second-order valence-corrected chi connectivity index (χ2v) is 11.8. The van der Waals surface area contributed by atoms with Gasteiger partial charge in [-0.15, -0.1) is 0 Å². The highest BCUT2D eigenvalue weighted by molar-refractivity contribution is 7.89. The van der Waals surface area contributed by atoms with Crippen LogP contribution in [-0.4, -0.2) is 36.2 Å². The number of aromatic nitrogens is 1. The fraction of sp³-hybridized carbons (Fsp3) is 0.308. The summed E-state index contributed by atoms with van der Waals surface area (Å²) < 4.78 is 34.9. The quantitative estimate of drug-likeness (QED) is 0.357. The number of carbonyl (C=O) groups excluding carboxylic acids is 1. The standard InChI is InChI=1S/C26H27N3O4S2/c1-17-8-12-21(13-9-17)35(31,32)29-14-4-7-22(29)25(30)28(16-20-6-5-15-33-20)26-27-23-18(2)10-11-19(3)24(23)34-26/h5-6,8-13,15,22H,4,7,14,16H2,1-3H3. The van der Waals surface area contributed by atoms with Gasteiger partial charge in [-0.25, -0.2) is 13.4 Å². The zero-order valence-corrected chi connectivity index (χ0v) is 21.5. The van der Waals surface area contributed by atoms with Gasteiger partial charge in [0.15, 0.2) is 5.13 Å². The Kier molecular flexibility index (Phi) is 6.25. The van der Waals surface area contributed by atoms with Crippen molar-refractivity contribution in [2.24, 2.45) is 0 Å². The second-order valence-electron chi connectivity index (χ2n) is 8.96. The number of anilines is 1. The molecule has 7 nitrogen and oxygen atoms in total. The average molecular weight is 510 g/mol. The Hall–Kier alpha value is -3.01. The van der Waals surface area contributed by atoms with Crippen molar-refractivity contribution < 1.29 is 17.6 Å². The highest BCUT2D eigenvalue weighted by atomic mass is 32.2. The number of hydrogen-bond donors (Lipinski definition) is 0. The smallest absolute Gasteiger partial charge is 0.247 e. The summed E-state index contributed by atoms with van der Waals surface area (Å²) in [5, 5.41) is 0.540. The van der Waals surface area contributed by atoms with Crippen molar-refractivity contribution >= 4 is 42.6 Å². The maximum atomic E-state index is 14.0. The van der Waals surface area contributed by atoms with Crippen LogP contribution in [0.1, 0.15) is 35.3 Å². The molecule has 0 saturated carbocycles. The van der Waals surface area contributed by atoms with Gasteiger partial charge in [0.1, 0.15) is 11.8 Å². The van der Waals surface area contributed by atoms with Gasteiger partial charge in [0.2, 0.25) is 15.9 Å². The number of carbonyl (C=O) groups is 1. The van der Waals surface area contributed by atoms with E-state index in [1.54, 1.807) is 47.6 Å². The molecule has 0 aliphatic carbocycles. The van der Waals surface area contributed by atoms with Gasteiger partial charge in [0.05, 0.1) is 27.9 Å². The predicted molar refractivity (Wildman–Crippen MR) is 137 cm³/mol. The van der Waals surface area contributed by atoms with E-state index in [1.165, 1.54) is 15.6 Å². The van der Waals surface area contributed by atoms with Crippen LogP contribution in [0.25, 0.3) is 10.2 Å². The lowest BCUT2D eigenvalue weighted by Crippen LogP contribution is -2.47. The van der Waals surface area contributed by atoms with E-state index in [0.717, 1.165) is 26.9 Å². The fourth-order valence-corrected chi connectivity index (χ4v) is 7.23. The van der Waals surface area contributed by atoms with E-state index < -0.39 is 16.1 Å². The topological polar surface area (TPSA) is 83.7 Å². The minimum atomic E-state index is -3.82. The molecule has 0 N–H and O–H groups in total. The van der Waals surface area contributed by atoms with E-state index in [-0.39, 0.29) is 17.3 Å². The highest BCUT2D eigenvalue weighted by Crippen LogP contribution is 2.36. The first-order chi connectivity index (χ1) is 16.8. The number of sulfonamides is 1. The number of benzene rings is 2. The molecule has 1 fully saturated rings. The van der Waals surface area contributed by atoms with E-state index in [9.17, 15) is 13.2 Å². The molecule has 1 aliphatic heterocycles. The van der Waals surface area contributed by atoms with E-state index in [0.29, 0.717) is 30.3 Å². The first-order valence-electron chi connectivity index (χ1n) is 11.5. The molecule has 1 atom stereocenters. The molecule has 1 amide bonds. The van der Waals surface area contributed by atoms with E-state index >= 15 is 0 Å². The molecule has 1 saturated heterocycles. The van der Waals surface area contributed by atoms with Gasteiger partial charge in [-0.3, -0.25) is 9.69 Å². The third kappa shape index (κ3) is 4.39. The van der Waals surface area contributed by atoms with Crippen LogP contribution in [0.5, 0.6) is 0 Å². The van der Waals surface area contributed by atoms with E-state index in [4.69, 9.17) is 9.40 Å². The SMILES string of the molecule is Cc1ccc(S(=O)(=O)N2CCCC2C(=O)N(Cc2ccco2)c2nc3c(C)ccc(C)c3s2)cc1. The van der Waals surface area contributed by atoms with Gasteiger partial charge >= 0.3 is 0 Å². The zero-order chi connectivity index (χ0) is 24.7. The Morgan fingerprint density at radius 1 is 1.11 bits per heavy atom. The van der Waals surface area contributed by atoms with Gasteiger partial charge in [0, 0.05) is 6.54 Å². The predicted octanol–water partition coefficient (Wildman–Crippen LogP) is 5.20. The first kappa shape index (κ1) is 23.7. The maximum absolute atomic E-state index is 14.0. The van der Waals surface area contributed by atoms with Crippen molar-refractivity contribution in [1.29, 1.82) is 0 Å². The molecule has 5 rings (SSSR count). The average Bonchev–Trinajstić information content (AvgIpc) is 3.60. The number of nitrogens with zero attached hydrogens (tertiary/aromatic N) is 3. The monoisotopic (exact) mass is 509 g/mol. The number of fused-ring (bicyclic) bond motifs is 1. The summed E-state index contributed by atoms with van der Waals surface area (Å²) in [6.45, 7) is 6.41. The van der Waals surface area contributed by atoms with Crippen molar-refractivity contribution in [3.8, 4) is 0 Å². The fourth-order valence-electron chi connectivity index (χ4n) is 4.46. The summed E-state index contributed by atoms with van der Waals surface area (Å²) in [5.41, 5.74) is 3.95. The molecular weight excluding hydrogens is 482 g/mol. The molecular formula is C26H27N3O4S2. The lowest BCUT2D eigenvalue weighted by Gasteiger charge is -2.28. The molecule has 2 aromatic heterocycles. The van der Waals surface area contributed by atoms with E-state index in [1.807, 2.05) is 32.9 Å². The maximum Gasteiger partial charge on any atom is 0.247 e. The molecule has 1 unspecified atom stereocenters. The minimum Gasteiger partial charge on any atom is -0.467 e. The molecule has 0 radical (unpaired) electrons. The lowest BCUT2D eigenvalue weighted by atomic mass is 10.1. The summed E-state index contributed by atoms with van der Waals surface area (Å²) in [6, 6.07) is 13.6. The Morgan fingerprint density at radius 3 is 2.54 bits per heavy atom. The third-order valence-corrected chi connectivity index (χ3v) is 9.57. The van der Waals surface area contributed by atoms with Gasteiger partial charge in [-0.2, -0.15) is 4.31 Å². The summed E-state index contributed by atoms with van der Waals surface area (Å²) in [6.07, 6.45) is 2.64. The Bertz CT molecular complexity index is 1440. The number of rotatable bonds is 6. The molecule has 3 heterocycles. The summed E-state index contributed by atoms with van der Waals surface area (Å²) in [7, 11) is -3.82. The van der Waals surface area contributed by atoms with Crippen LogP contribution in [0, 0.1) is 20.8 Å². The third-order valence-electron chi connectivity index (χ3n) is 6.44. The molecule has 4 aromatic rings. The Labute approximate surface area is 209 Å². The molecule has 0 bridgehead atoms. The molecule has 9 heteroatoms. The number of furan rings is 1. The van der Waals surface area contributed by atoms with E-state index in [2.05, 4.69) is 0 Å². The molecule has 1 aliphatic rings. The molecule has 2 aromatic carbocycles. The van der Waals surface area contributed by atoms with Gasteiger partial charge < -0.3 is 4.42 Å². The second kappa shape index (κ2) is 9.22. The molecule has 0 spiro atoms. The number of thiazole rings is 1. The van der Waals surface area contributed by atoms with Gasteiger partial charge in [0.25, 0.3) is 0 Å². The van der Waals surface area contributed by atoms with Crippen molar-refractivity contribution in [1.82, 2.24) is 9.29 Å². The molecule has 182 valence electrons. The van der Waals surface area contributed by atoms with Crippen molar-refractivity contribution in [2.75, 3.05) is 11.4 Å². The summed E-state index contributed by atoms with van der Waals surface area (Å²) in [4.78, 5) is 20.6. The summed E-state index contributed by atoms with van der Waals surface area (Å²) in [5.74, 6) is 0.320. The summed E-state index contributed by atoms with van der Waals surface area (Å²) >= 11 is 1.45. The lowest BCUT2D eigenvalue weighted by molar-refractivity contribution is -0.121. The first-order valence-corrected chi connectivity index (χ1v) is 13.8. The van der Waals surface area contributed by atoms with Crippen LogP contribution < -0.4 is 4.90 Å². The Balaban J connectivity index is 1.54. The Morgan fingerprint density at radius 2 is 1.86 bits per heavy atom. The van der Waals surface area contributed by atoms with Crippen LogP contribution in [0.15, 0.2) is 64.1 Å². The normalized spacial score (nSPS) is 16.7. The minimum absolute atomic E-state index is 0.179. The van der Waals surface area contributed by atoms with Crippen molar-refractivity contribution in [3.63, 3.8) is 0 Å². The van der Waals surface area contributed by atoms with Crippen LogP contribution in [0.4, 0.5) is 5.13 Å². The highest BCUT2D eigenvalue weighted by Gasteiger charge is 2.42. The zero-order valence-electron chi connectivity index (χ0n) is 19.9. The van der Waals surface area contributed by atoms with Crippen LogP contribution >= 0.6 is 11.3 Å².